The molecule has 2 rings (SSSR count). The normalized spacial score (nSPS) is 15.7. The molecule has 1 aliphatic rings. The first-order chi connectivity index (χ1) is 15.6. The van der Waals surface area contributed by atoms with Gasteiger partial charge in [0.1, 0.15) is 0 Å². The molecular weight excluding hydrogens is 390 g/mol. The molecule has 2 nitrogen and oxygen atoms in total. The molecular formula is C30H41NO. The Morgan fingerprint density at radius 2 is 1.91 bits per heavy atom. The minimum absolute atomic E-state index is 0.255. The van der Waals surface area contributed by atoms with E-state index >= 15 is 0 Å². The zero-order valence-electron chi connectivity index (χ0n) is 20.2. The van der Waals surface area contributed by atoms with E-state index in [1.54, 1.807) is 0 Å². The van der Waals surface area contributed by atoms with Gasteiger partial charge in [0.25, 0.3) is 0 Å². The Morgan fingerprint density at radius 1 is 1.16 bits per heavy atom. The highest BCUT2D eigenvalue weighted by molar-refractivity contribution is 5.79. The number of nitrogens with zero attached hydrogens (tertiary/aromatic N) is 1. The van der Waals surface area contributed by atoms with Gasteiger partial charge < -0.3 is 4.90 Å². The molecule has 0 atom stereocenters. The van der Waals surface area contributed by atoms with Gasteiger partial charge in [-0.15, -0.1) is 12.3 Å². The fraction of sp³-hybridized carbons (Fsp3) is 0.500. The first-order valence-corrected chi connectivity index (χ1v) is 12.4. The van der Waals surface area contributed by atoms with Crippen LogP contribution in [0.15, 0.2) is 59.7 Å². The summed E-state index contributed by atoms with van der Waals surface area (Å²) in [4.78, 5) is 15.7. The van der Waals surface area contributed by atoms with Crippen LogP contribution >= 0.6 is 0 Å². The predicted molar refractivity (Wildman–Crippen MR) is 138 cm³/mol. The summed E-state index contributed by atoms with van der Waals surface area (Å²) >= 11 is 0. The molecule has 1 aromatic carbocycles. The second-order valence-corrected chi connectivity index (χ2v) is 9.01. The van der Waals surface area contributed by atoms with Gasteiger partial charge in [-0.3, -0.25) is 4.79 Å². The summed E-state index contributed by atoms with van der Waals surface area (Å²) < 4.78 is 0. The molecule has 2 heteroatoms. The summed E-state index contributed by atoms with van der Waals surface area (Å²) in [7, 11) is 0. The van der Waals surface area contributed by atoms with Gasteiger partial charge in [0, 0.05) is 25.4 Å². The molecule has 1 saturated carbocycles. The highest BCUT2D eigenvalue weighted by Gasteiger charge is 2.26. The lowest BCUT2D eigenvalue weighted by Crippen LogP contribution is -2.42. The molecule has 0 N–H and O–H groups in total. The van der Waals surface area contributed by atoms with E-state index in [1.807, 2.05) is 25.2 Å². The van der Waals surface area contributed by atoms with Gasteiger partial charge in [-0.25, -0.2) is 0 Å². The van der Waals surface area contributed by atoms with E-state index in [9.17, 15) is 4.79 Å². The zero-order chi connectivity index (χ0) is 23.0. The molecule has 0 unspecified atom stereocenters. The topological polar surface area (TPSA) is 20.3 Å². The van der Waals surface area contributed by atoms with Crippen LogP contribution in [-0.4, -0.2) is 23.4 Å². The van der Waals surface area contributed by atoms with E-state index in [-0.39, 0.29) is 5.91 Å². The Hall–Kier alpha value is -2.53. The number of hydrogen-bond acceptors (Lipinski definition) is 1. The first-order valence-electron chi connectivity index (χ1n) is 12.4. The van der Waals surface area contributed by atoms with Crippen molar-refractivity contribution in [3.63, 3.8) is 0 Å². The SMILES string of the molecule is C#CC/C=C\C=C(\C)CC(=O)N(C/C(=C/c1ccccc1)CCCCC)C1CCCCC1. The molecule has 1 aliphatic carbocycles. The number of allylic oxidation sites excluding steroid dienone is 3. The van der Waals surface area contributed by atoms with E-state index in [1.165, 1.54) is 49.7 Å². The predicted octanol–water partition coefficient (Wildman–Crippen LogP) is 7.73. The number of carbonyl (C=O) groups is 1. The van der Waals surface area contributed by atoms with Gasteiger partial charge in [0.2, 0.25) is 5.91 Å². The van der Waals surface area contributed by atoms with Crippen molar-refractivity contribution in [1.82, 2.24) is 4.90 Å². The van der Waals surface area contributed by atoms with Crippen molar-refractivity contribution in [3.8, 4) is 12.3 Å². The Balaban J connectivity index is 2.19. The van der Waals surface area contributed by atoms with Crippen LogP contribution in [-0.2, 0) is 4.79 Å². The van der Waals surface area contributed by atoms with Crippen LogP contribution < -0.4 is 0 Å². The molecule has 1 fully saturated rings. The van der Waals surface area contributed by atoms with Gasteiger partial charge in [0.05, 0.1) is 0 Å². The van der Waals surface area contributed by atoms with Gasteiger partial charge in [-0.1, -0.05) is 105 Å². The van der Waals surface area contributed by atoms with Crippen LogP contribution in [0.5, 0.6) is 0 Å². The summed E-state index contributed by atoms with van der Waals surface area (Å²) in [5.74, 6) is 2.86. The number of carbonyl (C=O) groups excluding carboxylic acids is 1. The average Bonchev–Trinajstić information content (AvgIpc) is 2.81. The van der Waals surface area contributed by atoms with Crippen LogP contribution in [0.1, 0.15) is 90.0 Å². The Kier molecular flexibility index (Phi) is 12.3. The van der Waals surface area contributed by atoms with Crippen molar-refractivity contribution in [2.24, 2.45) is 0 Å². The number of amides is 1. The summed E-state index contributed by atoms with van der Waals surface area (Å²) in [6.45, 7) is 5.03. The molecule has 1 amide bonds. The average molecular weight is 432 g/mol. The molecule has 0 heterocycles. The smallest absolute Gasteiger partial charge is 0.227 e. The number of rotatable bonds is 12. The maximum absolute atomic E-state index is 13.5. The summed E-state index contributed by atoms with van der Waals surface area (Å²) in [6, 6.07) is 10.9. The highest BCUT2D eigenvalue weighted by Crippen LogP contribution is 2.26. The maximum atomic E-state index is 13.5. The summed E-state index contributed by atoms with van der Waals surface area (Å²) in [6.07, 6.45) is 25.4. The minimum Gasteiger partial charge on any atom is -0.335 e. The Bertz CT molecular complexity index is 803. The van der Waals surface area contributed by atoms with Gasteiger partial charge >= 0.3 is 0 Å². The van der Waals surface area contributed by atoms with Gasteiger partial charge in [0.15, 0.2) is 0 Å². The molecule has 172 valence electrons. The third-order valence-corrected chi connectivity index (χ3v) is 6.16. The number of unbranched alkanes of at least 4 members (excludes halogenated alkanes) is 2. The number of terminal acetylenes is 1. The van der Waals surface area contributed by atoms with E-state index in [0.29, 0.717) is 18.9 Å². The van der Waals surface area contributed by atoms with Crippen molar-refractivity contribution in [1.29, 1.82) is 0 Å². The van der Waals surface area contributed by atoms with Crippen LogP contribution in [0, 0.1) is 12.3 Å². The van der Waals surface area contributed by atoms with Crippen molar-refractivity contribution in [2.75, 3.05) is 6.54 Å². The maximum Gasteiger partial charge on any atom is 0.227 e. The molecule has 0 aliphatic heterocycles. The lowest BCUT2D eigenvalue weighted by atomic mass is 9.92. The third-order valence-electron chi connectivity index (χ3n) is 6.16. The first kappa shape index (κ1) is 25.7. The zero-order valence-corrected chi connectivity index (χ0v) is 20.2. The molecule has 0 radical (unpaired) electrons. The molecule has 0 aromatic heterocycles. The van der Waals surface area contributed by atoms with Crippen molar-refractivity contribution in [3.05, 3.63) is 65.3 Å². The Labute approximate surface area is 196 Å². The highest BCUT2D eigenvalue weighted by atomic mass is 16.2. The minimum atomic E-state index is 0.255. The van der Waals surface area contributed by atoms with Crippen LogP contribution in [0.2, 0.25) is 0 Å². The van der Waals surface area contributed by atoms with E-state index in [4.69, 9.17) is 6.42 Å². The molecule has 0 saturated heterocycles. The fourth-order valence-electron chi connectivity index (χ4n) is 4.38. The van der Waals surface area contributed by atoms with Crippen LogP contribution in [0.4, 0.5) is 0 Å². The quantitative estimate of drug-likeness (QED) is 0.188. The second-order valence-electron chi connectivity index (χ2n) is 9.01. The van der Waals surface area contributed by atoms with Gasteiger partial charge in [-0.05, 0) is 38.2 Å². The second kappa shape index (κ2) is 15.3. The van der Waals surface area contributed by atoms with Gasteiger partial charge in [-0.2, -0.15) is 0 Å². The third kappa shape index (κ3) is 9.73. The lowest BCUT2D eigenvalue weighted by molar-refractivity contribution is -0.133. The lowest BCUT2D eigenvalue weighted by Gasteiger charge is -2.35. The van der Waals surface area contributed by atoms with Crippen molar-refractivity contribution >= 4 is 12.0 Å². The van der Waals surface area contributed by atoms with Crippen LogP contribution in [0.3, 0.4) is 0 Å². The molecule has 32 heavy (non-hydrogen) atoms. The summed E-state index contributed by atoms with van der Waals surface area (Å²) in [5.41, 5.74) is 3.69. The van der Waals surface area contributed by atoms with E-state index in [0.717, 1.165) is 31.4 Å². The molecule has 1 aromatic rings. The molecule has 0 bridgehead atoms. The standard InChI is InChI=1S/C30H41NO/c1-4-6-8-12-17-26(3)23-30(32)31(29-21-15-10-16-22-29)25-28(20-11-7-5-2)24-27-18-13-9-14-19-27/h1,8-9,12-14,17-19,24,29H,5-7,10-11,15-16,20-23,25H2,2-3H3/b12-8-,26-17-,28-24+. The Morgan fingerprint density at radius 3 is 2.59 bits per heavy atom. The number of benzene rings is 1. The largest absolute Gasteiger partial charge is 0.335 e. The number of hydrogen-bond donors (Lipinski definition) is 0. The molecule has 0 spiro atoms. The fourth-order valence-corrected chi connectivity index (χ4v) is 4.38. The summed E-state index contributed by atoms with van der Waals surface area (Å²) in [5, 5.41) is 0. The van der Waals surface area contributed by atoms with E-state index < -0.39 is 0 Å². The van der Waals surface area contributed by atoms with Crippen molar-refractivity contribution in [2.45, 2.75) is 90.5 Å². The monoisotopic (exact) mass is 431 g/mol. The van der Waals surface area contributed by atoms with E-state index in [2.05, 4.69) is 54.2 Å². The van der Waals surface area contributed by atoms with Crippen molar-refractivity contribution < 1.29 is 4.79 Å². The van der Waals surface area contributed by atoms with Crippen LogP contribution in [0.25, 0.3) is 6.08 Å².